The van der Waals surface area contributed by atoms with Crippen LogP contribution in [-0.4, -0.2) is 43.2 Å². The first kappa shape index (κ1) is 23.5. The van der Waals surface area contributed by atoms with E-state index in [4.69, 9.17) is 0 Å². The van der Waals surface area contributed by atoms with Crippen molar-refractivity contribution in [2.24, 2.45) is 5.10 Å². The molecule has 1 unspecified atom stereocenters. The number of nitrogens with one attached hydrogen (secondary N) is 1. The molecule has 2 aromatic heterocycles. The molecule has 35 heavy (non-hydrogen) atoms. The van der Waals surface area contributed by atoms with E-state index in [1.54, 1.807) is 42.6 Å². The van der Waals surface area contributed by atoms with Crippen LogP contribution in [0.2, 0.25) is 0 Å². The molecule has 0 fully saturated rings. The summed E-state index contributed by atoms with van der Waals surface area (Å²) in [5.41, 5.74) is 2.46. The summed E-state index contributed by atoms with van der Waals surface area (Å²) in [7, 11) is -1.75. The van der Waals surface area contributed by atoms with Gasteiger partial charge in [-0.25, -0.2) is 18.1 Å². The van der Waals surface area contributed by atoms with Crippen LogP contribution in [0.3, 0.4) is 0 Å². The first-order chi connectivity index (χ1) is 16.8. The largest absolute Gasteiger partial charge is 0.299 e. The highest BCUT2D eigenvalue weighted by Gasteiger charge is 2.18. The van der Waals surface area contributed by atoms with Gasteiger partial charge in [0.25, 0.3) is 0 Å². The molecule has 4 aromatic rings. The average molecular weight is 552 g/mol. The quantitative estimate of drug-likeness (QED) is 0.367. The fraction of sp³-hybridized carbons (Fsp3) is 0.200. The summed E-state index contributed by atoms with van der Waals surface area (Å²) in [6.45, 7) is 0.807. The number of likely N-dealkylation sites (N-methyl/N-ethyl adjacent to an activating group) is 1. The van der Waals surface area contributed by atoms with Crippen LogP contribution in [0.4, 0.5) is 0 Å². The molecule has 1 N–H and O–H groups in total. The molecule has 0 saturated heterocycles. The van der Waals surface area contributed by atoms with Gasteiger partial charge < -0.3 is 0 Å². The number of halogens is 1. The molecule has 2 aromatic carbocycles. The van der Waals surface area contributed by atoms with Crippen LogP contribution in [0, 0.1) is 0 Å². The van der Waals surface area contributed by atoms with Crippen molar-refractivity contribution < 1.29 is 8.42 Å². The molecule has 5 rings (SSSR count). The summed E-state index contributed by atoms with van der Waals surface area (Å²) in [5, 5.41) is 7.81. The third-order valence-corrected chi connectivity index (χ3v) is 7.64. The molecular formula is C25H22BrN5O3S. The highest BCUT2D eigenvalue weighted by Crippen LogP contribution is 2.23. The maximum atomic E-state index is 13.5. The Hall–Kier alpha value is -3.21. The van der Waals surface area contributed by atoms with Crippen LogP contribution < -0.4 is 10.2 Å². The summed E-state index contributed by atoms with van der Waals surface area (Å²) in [6.07, 6.45) is 3.64. The molecule has 1 aliphatic rings. The van der Waals surface area contributed by atoms with E-state index in [1.165, 1.54) is 0 Å². The minimum Gasteiger partial charge on any atom is -0.299 e. The Balaban J connectivity index is 1.47. The molecule has 0 amide bonds. The van der Waals surface area contributed by atoms with Crippen molar-refractivity contribution >= 4 is 53.8 Å². The minimum absolute atomic E-state index is 0.0691. The topological polar surface area (TPSA) is 105 Å². The SMILES string of the molecule is CN1CC(c2cnc3ccc4ccc(CS(=O)(=O)NCc5cccc(Br)n5)cc4c(=O)c3c2)C=N1. The van der Waals surface area contributed by atoms with Gasteiger partial charge in [-0.1, -0.05) is 24.3 Å². The van der Waals surface area contributed by atoms with E-state index >= 15 is 0 Å². The van der Waals surface area contributed by atoms with Gasteiger partial charge in [-0.2, -0.15) is 5.10 Å². The van der Waals surface area contributed by atoms with Gasteiger partial charge in [0.1, 0.15) is 4.60 Å². The summed E-state index contributed by atoms with van der Waals surface area (Å²) in [5.74, 6) is -0.180. The Morgan fingerprint density at radius 1 is 1.11 bits per heavy atom. The van der Waals surface area contributed by atoms with E-state index in [2.05, 4.69) is 35.7 Å². The van der Waals surface area contributed by atoms with Crippen LogP contribution in [0.5, 0.6) is 0 Å². The molecule has 8 nitrogen and oxygen atoms in total. The van der Waals surface area contributed by atoms with E-state index in [0.717, 1.165) is 17.5 Å². The van der Waals surface area contributed by atoms with Gasteiger partial charge in [-0.15, -0.1) is 0 Å². The minimum atomic E-state index is -3.65. The summed E-state index contributed by atoms with van der Waals surface area (Å²) in [4.78, 5) is 22.3. The zero-order valence-corrected chi connectivity index (χ0v) is 21.3. The van der Waals surface area contributed by atoms with Gasteiger partial charge in [0, 0.05) is 42.7 Å². The lowest BCUT2D eigenvalue weighted by atomic mass is 10.0. The Kier molecular flexibility index (Phi) is 6.35. The van der Waals surface area contributed by atoms with Crippen LogP contribution in [-0.2, 0) is 22.3 Å². The van der Waals surface area contributed by atoms with Crippen LogP contribution in [0.25, 0.3) is 21.7 Å². The number of nitrogens with zero attached hydrogens (tertiary/aromatic N) is 4. The van der Waals surface area contributed by atoms with E-state index in [-0.39, 0.29) is 23.6 Å². The second kappa shape index (κ2) is 9.44. The third kappa shape index (κ3) is 5.24. The predicted octanol–water partition coefficient (Wildman–Crippen LogP) is 3.54. The maximum absolute atomic E-state index is 13.5. The molecule has 0 aliphatic carbocycles. The highest BCUT2D eigenvalue weighted by atomic mass is 79.9. The Morgan fingerprint density at radius 3 is 2.71 bits per heavy atom. The third-order valence-electron chi connectivity index (χ3n) is 5.90. The van der Waals surface area contributed by atoms with Gasteiger partial charge in [-0.3, -0.25) is 14.8 Å². The van der Waals surface area contributed by atoms with Crippen molar-refractivity contribution in [2.75, 3.05) is 13.6 Å². The van der Waals surface area contributed by atoms with E-state index in [1.807, 2.05) is 36.5 Å². The van der Waals surface area contributed by atoms with Gasteiger partial charge in [0.05, 0.1) is 23.5 Å². The smallest absolute Gasteiger partial charge is 0.216 e. The van der Waals surface area contributed by atoms with Crippen molar-refractivity contribution in [2.45, 2.75) is 18.2 Å². The zero-order chi connectivity index (χ0) is 24.6. The second-order valence-electron chi connectivity index (χ2n) is 8.53. The van der Waals surface area contributed by atoms with Crippen LogP contribution >= 0.6 is 15.9 Å². The molecule has 1 aliphatic heterocycles. The number of hydrogen-bond acceptors (Lipinski definition) is 7. The average Bonchev–Trinajstić information content (AvgIpc) is 3.22. The highest BCUT2D eigenvalue weighted by molar-refractivity contribution is 9.10. The molecule has 3 heterocycles. The number of rotatable bonds is 6. The molecule has 178 valence electrons. The van der Waals surface area contributed by atoms with Crippen molar-refractivity contribution in [1.29, 1.82) is 0 Å². The first-order valence-electron chi connectivity index (χ1n) is 11.0. The van der Waals surface area contributed by atoms with Gasteiger partial charge in [0.15, 0.2) is 5.43 Å². The van der Waals surface area contributed by atoms with E-state index in [9.17, 15) is 13.2 Å². The molecule has 0 radical (unpaired) electrons. The normalized spacial score (nSPS) is 15.8. The number of aromatic nitrogens is 2. The predicted molar refractivity (Wildman–Crippen MR) is 141 cm³/mol. The van der Waals surface area contributed by atoms with E-state index < -0.39 is 10.0 Å². The van der Waals surface area contributed by atoms with E-state index in [0.29, 0.717) is 32.1 Å². The summed E-state index contributed by atoms with van der Waals surface area (Å²) >= 11 is 3.28. The molecule has 0 spiro atoms. The lowest BCUT2D eigenvalue weighted by molar-refractivity contribution is 0.381. The zero-order valence-electron chi connectivity index (χ0n) is 18.8. The number of fused-ring (bicyclic) bond motifs is 2. The van der Waals surface area contributed by atoms with Crippen LogP contribution in [0.15, 0.2) is 75.3 Å². The van der Waals surface area contributed by atoms with Crippen LogP contribution in [0.1, 0.15) is 22.7 Å². The molecule has 0 saturated carbocycles. The number of sulfonamides is 1. The fourth-order valence-electron chi connectivity index (χ4n) is 4.13. The Labute approximate surface area is 210 Å². The Bertz CT molecular complexity index is 1640. The number of hydrogen-bond donors (Lipinski definition) is 1. The summed E-state index contributed by atoms with van der Waals surface area (Å²) < 4.78 is 28.6. The lowest BCUT2D eigenvalue weighted by Crippen LogP contribution is -2.25. The first-order valence-corrected chi connectivity index (χ1v) is 13.4. The number of pyridine rings is 2. The van der Waals surface area contributed by atoms with Crippen molar-refractivity contribution in [3.8, 4) is 0 Å². The molecular weight excluding hydrogens is 530 g/mol. The van der Waals surface area contributed by atoms with Crippen molar-refractivity contribution in [1.82, 2.24) is 19.7 Å². The Morgan fingerprint density at radius 2 is 1.94 bits per heavy atom. The fourth-order valence-corrected chi connectivity index (χ4v) is 5.59. The summed E-state index contributed by atoms with van der Waals surface area (Å²) in [6, 6.07) is 16.0. The standard InChI is InChI=1S/C25H22BrN5O3S/c1-31-14-19(12-28-31)18-10-22-23(27-11-18)8-7-17-6-5-16(9-21(17)25(22)32)15-35(33,34)29-13-20-3-2-4-24(26)30-20/h2-12,19,29H,13-15H2,1H3. The second-order valence-corrected chi connectivity index (χ2v) is 11.1. The molecule has 1 atom stereocenters. The number of hydrazone groups is 1. The lowest BCUT2D eigenvalue weighted by Gasteiger charge is -2.10. The van der Waals surface area contributed by atoms with Gasteiger partial charge >= 0.3 is 0 Å². The van der Waals surface area contributed by atoms with Crippen molar-refractivity contribution in [3.63, 3.8) is 0 Å². The van der Waals surface area contributed by atoms with Gasteiger partial charge in [0.2, 0.25) is 10.0 Å². The molecule has 0 bridgehead atoms. The maximum Gasteiger partial charge on any atom is 0.216 e. The monoisotopic (exact) mass is 551 g/mol. The van der Waals surface area contributed by atoms with Crippen molar-refractivity contribution in [3.05, 3.63) is 92.4 Å². The number of benzene rings is 1. The molecule has 10 heteroatoms. The van der Waals surface area contributed by atoms with Gasteiger partial charge in [-0.05, 0) is 62.8 Å².